The van der Waals surface area contributed by atoms with E-state index in [4.69, 9.17) is 9.47 Å². The third kappa shape index (κ3) is 3.66. The van der Waals surface area contributed by atoms with Crippen molar-refractivity contribution < 1.29 is 9.47 Å². The van der Waals surface area contributed by atoms with E-state index in [9.17, 15) is 4.79 Å². The third-order valence-electron chi connectivity index (χ3n) is 4.84. The summed E-state index contributed by atoms with van der Waals surface area (Å²) in [6.45, 7) is 0.959. The number of hydrogen-bond donors (Lipinski definition) is 1. The predicted molar refractivity (Wildman–Crippen MR) is 109 cm³/mol. The number of nitrogens with one attached hydrogen (secondary N) is 1. The van der Waals surface area contributed by atoms with Crippen molar-refractivity contribution in [3.63, 3.8) is 0 Å². The normalized spacial score (nSPS) is 11.0. The fourth-order valence-electron chi connectivity index (χ4n) is 3.21. The molecular weight excluding hydrogens is 372 g/mol. The zero-order valence-corrected chi connectivity index (χ0v) is 16.5. The molecule has 0 bridgehead atoms. The maximum Gasteiger partial charge on any atom is 0.328 e. The van der Waals surface area contributed by atoms with Crippen LogP contribution in [0.15, 0.2) is 53.8 Å². The molecule has 2 aromatic heterocycles. The van der Waals surface area contributed by atoms with E-state index in [1.165, 1.54) is 0 Å². The Morgan fingerprint density at radius 2 is 1.66 bits per heavy atom. The lowest BCUT2D eigenvalue weighted by Gasteiger charge is -2.13. The van der Waals surface area contributed by atoms with E-state index < -0.39 is 0 Å². The van der Waals surface area contributed by atoms with Crippen LogP contribution in [0, 0.1) is 0 Å². The molecule has 0 aliphatic carbocycles. The van der Waals surface area contributed by atoms with Crippen LogP contribution in [0.25, 0.3) is 11.0 Å². The summed E-state index contributed by atoms with van der Waals surface area (Å²) in [5.41, 5.74) is 6.89. The van der Waals surface area contributed by atoms with Crippen molar-refractivity contribution in [1.29, 1.82) is 0 Å². The second-order valence-electron chi connectivity index (χ2n) is 6.70. The number of imidazole rings is 1. The van der Waals surface area contributed by atoms with Gasteiger partial charge >= 0.3 is 5.69 Å². The molecule has 0 amide bonds. The van der Waals surface area contributed by atoms with Gasteiger partial charge in [-0.15, -0.1) is 10.2 Å². The molecule has 0 fully saturated rings. The van der Waals surface area contributed by atoms with E-state index in [-0.39, 0.29) is 5.69 Å². The first-order chi connectivity index (χ1) is 14.1. The molecule has 0 spiro atoms. The topological polar surface area (TPSA) is 88.1 Å². The molecule has 2 heterocycles. The fourth-order valence-corrected chi connectivity index (χ4v) is 3.21. The van der Waals surface area contributed by atoms with Crippen LogP contribution in [0.3, 0.4) is 0 Å². The molecule has 0 atom stereocenters. The summed E-state index contributed by atoms with van der Waals surface area (Å²) in [4.78, 5) is 12.1. The first-order valence-electron chi connectivity index (χ1n) is 9.09. The molecule has 0 saturated carbocycles. The molecule has 9 heteroatoms. The van der Waals surface area contributed by atoms with Gasteiger partial charge in [0.25, 0.3) is 0 Å². The molecule has 0 radical (unpaired) electrons. The van der Waals surface area contributed by atoms with Gasteiger partial charge in [-0.3, -0.25) is 9.13 Å². The van der Waals surface area contributed by atoms with Crippen LogP contribution in [-0.2, 0) is 27.2 Å². The van der Waals surface area contributed by atoms with Gasteiger partial charge in [0.1, 0.15) is 19.3 Å². The summed E-state index contributed by atoms with van der Waals surface area (Å²) in [6, 6.07) is 11.7. The summed E-state index contributed by atoms with van der Waals surface area (Å²) < 4.78 is 16.4. The Kier molecular flexibility index (Phi) is 4.94. The van der Waals surface area contributed by atoms with Gasteiger partial charge in [0.15, 0.2) is 11.5 Å². The van der Waals surface area contributed by atoms with Crippen molar-refractivity contribution in [3.05, 3.63) is 70.7 Å². The number of methoxy groups -OCH3 is 1. The van der Waals surface area contributed by atoms with E-state index in [1.807, 2.05) is 36.4 Å². The van der Waals surface area contributed by atoms with Crippen molar-refractivity contribution in [2.45, 2.75) is 13.2 Å². The Morgan fingerprint density at radius 1 is 0.931 bits per heavy atom. The van der Waals surface area contributed by atoms with Crippen molar-refractivity contribution in [2.24, 2.45) is 14.1 Å². The standard InChI is InChI=1S/C20H22N6O3/c1-24-16-6-4-15(8-17(16)25(2)20(24)27)11-29-18-7-5-14(9-19(18)28-3)10-23-26-12-21-22-13-26/h4-9,12-13,23H,10-11H2,1-3H3. The maximum atomic E-state index is 12.1. The highest BCUT2D eigenvalue weighted by atomic mass is 16.5. The van der Waals surface area contributed by atoms with E-state index >= 15 is 0 Å². The minimum Gasteiger partial charge on any atom is -0.493 e. The lowest BCUT2D eigenvalue weighted by molar-refractivity contribution is 0.284. The lowest BCUT2D eigenvalue weighted by Crippen LogP contribution is -2.19. The molecule has 29 heavy (non-hydrogen) atoms. The molecule has 2 aromatic carbocycles. The number of nitrogens with zero attached hydrogens (tertiary/aromatic N) is 5. The zero-order valence-electron chi connectivity index (χ0n) is 16.5. The molecule has 4 aromatic rings. The number of benzene rings is 2. The molecule has 4 rings (SSSR count). The van der Waals surface area contributed by atoms with Gasteiger partial charge in [-0.1, -0.05) is 12.1 Å². The van der Waals surface area contributed by atoms with Crippen molar-refractivity contribution in [2.75, 3.05) is 12.5 Å². The Hall–Kier alpha value is -3.75. The molecule has 1 N–H and O–H groups in total. The number of aryl methyl sites for hydroxylation is 2. The Morgan fingerprint density at radius 3 is 2.41 bits per heavy atom. The Balaban J connectivity index is 1.48. The minimum atomic E-state index is -0.0459. The highest BCUT2D eigenvalue weighted by Crippen LogP contribution is 2.29. The zero-order chi connectivity index (χ0) is 20.4. The predicted octanol–water partition coefficient (Wildman–Crippen LogP) is 1.80. The van der Waals surface area contributed by atoms with Gasteiger partial charge < -0.3 is 14.9 Å². The lowest BCUT2D eigenvalue weighted by atomic mass is 10.2. The number of aromatic nitrogens is 5. The number of ether oxygens (including phenoxy) is 2. The summed E-state index contributed by atoms with van der Waals surface area (Å²) in [5, 5.41) is 7.50. The van der Waals surface area contributed by atoms with Gasteiger partial charge in [0, 0.05) is 14.1 Å². The molecule has 150 valence electrons. The first-order valence-corrected chi connectivity index (χ1v) is 9.09. The summed E-state index contributed by atoms with van der Waals surface area (Å²) in [5.74, 6) is 1.31. The van der Waals surface area contributed by atoms with Gasteiger partial charge in [-0.25, -0.2) is 9.47 Å². The van der Waals surface area contributed by atoms with Gasteiger partial charge in [-0.2, -0.15) is 0 Å². The number of rotatable bonds is 7. The molecule has 9 nitrogen and oxygen atoms in total. The van der Waals surface area contributed by atoms with Crippen LogP contribution in [0.4, 0.5) is 0 Å². The Labute approximate surface area is 167 Å². The van der Waals surface area contributed by atoms with Crippen LogP contribution >= 0.6 is 0 Å². The summed E-state index contributed by atoms with van der Waals surface area (Å²) in [6.07, 6.45) is 3.18. The molecule has 0 unspecified atom stereocenters. The molecule has 0 aliphatic heterocycles. The molecular formula is C20H22N6O3. The first kappa shape index (κ1) is 18.6. The van der Waals surface area contributed by atoms with Crippen molar-refractivity contribution in [1.82, 2.24) is 24.0 Å². The SMILES string of the molecule is COc1cc(CNn2cnnc2)ccc1OCc1ccc2c(c1)n(C)c(=O)n2C. The number of hydrogen-bond acceptors (Lipinski definition) is 6. The molecule has 0 saturated heterocycles. The van der Waals surface area contributed by atoms with Crippen molar-refractivity contribution in [3.8, 4) is 11.5 Å². The van der Waals surface area contributed by atoms with Gasteiger partial charge in [-0.05, 0) is 35.4 Å². The second-order valence-corrected chi connectivity index (χ2v) is 6.70. The van der Waals surface area contributed by atoms with Gasteiger partial charge in [0.2, 0.25) is 0 Å². The average molecular weight is 394 g/mol. The fraction of sp³-hybridized carbons (Fsp3) is 0.250. The average Bonchev–Trinajstić information content (AvgIpc) is 3.34. The smallest absolute Gasteiger partial charge is 0.328 e. The monoisotopic (exact) mass is 394 g/mol. The molecule has 0 aliphatic rings. The summed E-state index contributed by atoms with van der Waals surface area (Å²) in [7, 11) is 5.15. The quantitative estimate of drug-likeness (QED) is 0.514. The van der Waals surface area contributed by atoms with Crippen LogP contribution in [0.5, 0.6) is 11.5 Å². The summed E-state index contributed by atoms with van der Waals surface area (Å²) >= 11 is 0. The number of fused-ring (bicyclic) bond motifs is 1. The van der Waals surface area contributed by atoms with E-state index in [1.54, 1.807) is 47.7 Å². The highest BCUT2D eigenvalue weighted by molar-refractivity contribution is 5.76. The van der Waals surface area contributed by atoms with E-state index in [0.717, 1.165) is 22.2 Å². The largest absolute Gasteiger partial charge is 0.493 e. The van der Waals surface area contributed by atoms with Crippen LogP contribution in [0.2, 0.25) is 0 Å². The maximum absolute atomic E-state index is 12.1. The van der Waals surface area contributed by atoms with Crippen LogP contribution < -0.4 is 20.6 Å². The van der Waals surface area contributed by atoms with E-state index in [2.05, 4.69) is 15.6 Å². The van der Waals surface area contributed by atoms with Crippen LogP contribution in [0.1, 0.15) is 11.1 Å². The van der Waals surface area contributed by atoms with Crippen LogP contribution in [-0.4, -0.2) is 31.1 Å². The van der Waals surface area contributed by atoms with Crippen molar-refractivity contribution >= 4 is 11.0 Å². The third-order valence-corrected chi connectivity index (χ3v) is 4.84. The second kappa shape index (κ2) is 7.70. The highest BCUT2D eigenvalue weighted by Gasteiger charge is 2.10. The van der Waals surface area contributed by atoms with E-state index in [0.29, 0.717) is 24.7 Å². The minimum absolute atomic E-state index is 0.0459. The Bertz CT molecular complexity index is 1190. The van der Waals surface area contributed by atoms with Gasteiger partial charge in [0.05, 0.1) is 24.7 Å².